The van der Waals surface area contributed by atoms with Crippen molar-refractivity contribution in [3.05, 3.63) is 114 Å². The topological polar surface area (TPSA) is 232 Å². The minimum atomic E-state index is -1.34. The molecule has 1 heterocycles. The average Bonchev–Trinajstić information content (AvgIpc) is 4.07. The second-order valence-corrected chi connectivity index (χ2v) is 18.6. The van der Waals surface area contributed by atoms with E-state index < -0.39 is 79.6 Å². The van der Waals surface area contributed by atoms with Crippen LogP contribution in [0.1, 0.15) is 89.0 Å². The number of methoxy groups -OCH3 is 2. The van der Waals surface area contributed by atoms with Crippen molar-refractivity contribution in [3.63, 3.8) is 0 Å². The van der Waals surface area contributed by atoms with E-state index in [2.05, 4.69) is 52.3 Å². The molecule has 18 heteroatoms. The summed E-state index contributed by atoms with van der Waals surface area (Å²) in [7, 11) is 3.25. The summed E-state index contributed by atoms with van der Waals surface area (Å²) >= 11 is 0. The van der Waals surface area contributed by atoms with E-state index in [1.54, 1.807) is 82.7 Å². The maximum absolute atomic E-state index is 14.0. The molecule has 0 radical (unpaired) electrons. The summed E-state index contributed by atoms with van der Waals surface area (Å²) in [6.45, 7) is 10.8. The van der Waals surface area contributed by atoms with Gasteiger partial charge in [-0.3, -0.25) is 28.8 Å². The maximum Gasteiger partial charge on any atom is 0.407 e. The third-order valence-electron chi connectivity index (χ3n) is 13.9. The van der Waals surface area contributed by atoms with Crippen LogP contribution >= 0.6 is 0 Å². The monoisotopic (exact) mass is 996 g/mol. The van der Waals surface area contributed by atoms with Crippen molar-refractivity contribution in [3.8, 4) is 0 Å². The Balaban J connectivity index is 1.12. The molecule has 1 aliphatic heterocycles. The van der Waals surface area contributed by atoms with Crippen LogP contribution in [0.25, 0.3) is 5.57 Å². The Hall–Kier alpha value is -6.63. The molecule has 72 heavy (non-hydrogen) atoms. The molecular formula is C54H73N7O11. The molecule has 5 rings (SSSR count). The van der Waals surface area contributed by atoms with Gasteiger partial charge in [-0.15, -0.1) is 0 Å². The minimum absolute atomic E-state index is 0.00863. The number of alkyl carbamates (subject to hydrolysis) is 1. The highest BCUT2D eigenvalue weighted by atomic mass is 16.5. The summed E-state index contributed by atoms with van der Waals surface area (Å²) < 4.78 is 23.2. The zero-order valence-corrected chi connectivity index (χ0v) is 42.4. The van der Waals surface area contributed by atoms with E-state index >= 15 is 0 Å². The lowest BCUT2D eigenvalue weighted by molar-refractivity contribution is -0.143. The Labute approximate surface area is 423 Å². The predicted molar refractivity (Wildman–Crippen MR) is 270 cm³/mol. The number of carbonyl (C=O) groups excluding carboxylic acids is 7. The molecule has 3 unspecified atom stereocenters. The highest BCUT2D eigenvalue weighted by molar-refractivity contribution is 6.00. The predicted octanol–water partition coefficient (Wildman–Crippen LogP) is 4.55. The molecule has 0 bridgehead atoms. The van der Waals surface area contributed by atoms with Crippen LogP contribution in [0.3, 0.4) is 0 Å². The lowest BCUT2D eigenvalue weighted by atomic mass is 9.82. The first-order valence-electron chi connectivity index (χ1n) is 24.7. The van der Waals surface area contributed by atoms with E-state index in [-0.39, 0.29) is 54.7 Å². The van der Waals surface area contributed by atoms with Gasteiger partial charge in [0.2, 0.25) is 35.4 Å². The van der Waals surface area contributed by atoms with Crippen LogP contribution in [0.5, 0.6) is 0 Å². The van der Waals surface area contributed by atoms with Crippen LogP contribution in [-0.4, -0.2) is 124 Å². The van der Waals surface area contributed by atoms with Gasteiger partial charge in [0.1, 0.15) is 32.0 Å². The molecule has 18 nitrogen and oxygen atoms in total. The molecule has 1 saturated carbocycles. The minimum Gasteiger partial charge on any atom is -0.445 e. The molecule has 0 spiro atoms. The van der Waals surface area contributed by atoms with Gasteiger partial charge in [-0.2, -0.15) is 0 Å². The third-order valence-corrected chi connectivity index (χ3v) is 13.9. The van der Waals surface area contributed by atoms with Crippen LogP contribution < -0.4 is 31.9 Å². The number of hydrogen-bond donors (Lipinski definition) is 6. The molecule has 1 saturated heterocycles. The van der Waals surface area contributed by atoms with E-state index in [9.17, 15) is 33.6 Å². The summed E-state index contributed by atoms with van der Waals surface area (Å²) in [4.78, 5) is 94.1. The van der Waals surface area contributed by atoms with Crippen molar-refractivity contribution >= 4 is 47.1 Å². The normalized spacial score (nSPS) is 17.6. The number of nitrogens with one attached hydrogen (secondary N) is 6. The van der Waals surface area contributed by atoms with Gasteiger partial charge in [0.15, 0.2) is 0 Å². The van der Waals surface area contributed by atoms with Crippen molar-refractivity contribution in [2.45, 2.75) is 109 Å². The van der Waals surface area contributed by atoms with Crippen LogP contribution in [-0.2, 0) is 54.3 Å². The number of nitrogens with zero attached hydrogens (tertiary/aromatic N) is 1. The highest BCUT2D eigenvalue weighted by Gasteiger charge is 2.54. The molecule has 2 aliphatic rings. The SMILES string of the molecule is C=C(c1ccccc1)[C@H](NC(=O)CNC(=O)CNC(=O)OCc1ccccc1)C(=O)NCC(=O)NCOC(c1ccccc1)[C@@H](C)NC(=O)[C@H](C)C(OC)C1CCCN1C(=O)C[C@@H](OC)C1([C@@H](C)CC)CC1. The van der Waals surface area contributed by atoms with E-state index in [1.165, 1.54) is 0 Å². The van der Waals surface area contributed by atoms with E-state index in [0.717, 1.165) is 36.8 Å². The first-order chi connectivity index (χ1) is 34.6. The number of rotatable bonds is 28. The number of ether oxygens (including phenoxy) is 4. The van der Waals surface area contributed by atoms with Gasteiger partial charge in [-0.05, 0) is 66.2 Å². The fraction of sp³-hybridized carbons (Fsp3) is 0.500. The summed E-state index contributed by atoms with van der Waals surface area (Å²) in [5, 5.41) is 15.5. The van der Waals surface area contributed by atoms with Crippen molar-refractivity contribution < 1.29 is 52.5 Å². The van der Waals surface area contributed by atoms with Crippen molar-refractivity contribution in [1.82, 2.24) is 36.8 Å². The summed E-state index contributed by atoms with van der Waals surface area (Å²) in [5.41, 5.74) is 2.29. The molecule has 0 aromatic heterocycles. The second kappa shape index (κ2) is 27.8. The quantitative estimate of drug-likeness (QED) is 0.0553. The van der Waals surface area contributed by atoms with Gasteiger partial charge in [-0.1, -0.05) is 125 Å². The highest BCUT2D eigenvalue weighted by Crippen LogP contribution is 2.57. The Morgan fingerprint density at radius 1 is 0.736 bits per heavy atom. The molecule has 3 aromatic rings. The lowest BCUT2D eigenvalue weighted by Crippen LogP contribution is -2.52. The average molecular weight is 996 g/mol. The van der Waals surface area contributed by atoms with Crippen molar-refractivity contribution in [2.75, 3.05) is 47.1 Å². The fourth-order valence-corrected chi connectivity index (χ4v) is 9.42. The Kier molecular flexibility index (Phi) is 21.8. The maximum atomic E-state index is 14.0. The van der Waals surface area contributed by atoms with Crippen molar-refractivity contribution in [2.24, 2.45) is 17.3 Å². The van der Waals surface area contributed by atoms with Crippen molar-refractivity contribution in [1.29, 1.82) is 0 Å². The first-order valence-corrected chi connectivity index (χ1v) is 24.7. The van der Waals surface area contributed by atoms with Gasteiger partial charge in [0.05, 0.1) is 49.7 Å². The number of benzene rings is 3. The van der Waals surface area contributed by atoms with Crippen LogP contribution in [0.4, 0.5) is 4.79 Å². The molecule has 7 amide bonds. The van der Waals surface area contributed by atoms with Crippen LogP contribution in [0, 0.1) is 17.3 Å². The summed E-state index contributed by atoms with van der Waals surface area (Å²) in [5.74, 6) is -3.25. The van der Waals surface area contributed by atoms with Gasteiger partial charge in [0.25, 0.3) is 0 Å². The van der Waals surface area contributed by atoms with Gasteiger partial charge < -0.3 is 55.7 Å². The zero-order chi connectivity index (χ0) is 52.2. The molecule has 1 aliphatic carbocycles. The van der Waals surface area contributed by atoms with Gasteiger partial charge >= 0.3 is 6.09 Å². The Morgan fingerprint density at radius 3 is 1.97 bits per heavy atom. The smallest absolute Gasteiger partial charge is 0.407 e. The zero-order valence-electron chi connectivity index (χ0n) is 42.4. The Bertz CT molecular complexity index is 2280. The second-order valence-electron chi connectivity index (χ2n) is 18.6. The molecule has 390 valence electrons. The molecule has 6 N–H and O–H groups in total. The number of amides is 7. The van der Waals surface area contributed by atoms with E-state index in [1.807, 2.05) is 41.3 Å². The standard InChI is InChI=1S/C54H73N7O11/c1-8-35(2)54(26-27-54)43(69-6)29-47(65)61-28-18-25-42(61)49(70-7)37(4)51(66)59-38(5)50(41-23-16-11-17-24-41)72-34-58-45(63)30-56-52(67)48(36(3)40-21-14-10-15-22-40)60-46(64)32-55-44(62)31-57-53(68)71-33-39-19-12-9-13-20-39/h9-17,19-24,35,37-38,42-43,48-50H,3,8,18,25-34H2,1-2,4-7H3,(H,55,62)(H,56,67)(H,57,68)(H,58,63)(H,59,66)(H,60,64)/t35-,37+,38+,42?,43+,48-,49?,50?/m0/s1. The van der Waals surface area contributed by atoms with Gasteiger partial charge in [0, 0.05) is 20.8 Å². The molecule has 3 aromatic carbocycles. The summed E-state index contributed by atoms with van der Waals surface area (Å²) in [6.07, 6.45) is 2.62. The number of likely N-dealkylation sites (tertiary alicyclic amines) is 1. The van der Waals surface area contributed by atoms with E-state index in [0.29, 0.717) is 24.4 Å². The summed E-state index contributed by atoms with van der Waals surface area (Å²) in [6, 6.07) is 24.6. The molecule has 2 fully saturated rings. The van der Waals surface area contributed by atoms with Crippen LogP contribution in [0.2, 0.25) is 0 Å². The largest absolute Gasteiger partial charge is 0.445 e. The van der Waals surface area contributed by atoms with E-state index in [4.69, 9.17) is 18.9 Å². The first kappa shape index (κ1) is 56.3. The molecular weight excluding hydrogens is 923 g/mol. The van der Waals surface area contributed by atoms with Crippen LogP contribution in [0.15, 0.2) is 97.6 Å². The Morgan fingerprint density at radius 2 is 1.35 bits per heavy atom. The van der Waals surface area contributed by atoms with Gasteiger partial charge in [-0.25, -0.2) is 4.79 Å². The lowest BCUT2D eigenvalue weighted by Gasteiger charge is -2.36. The fourth-order valence-electron chi connectivity index (χ4n) is 9.42. The molecule has 8 atom stereocenters. The number of hydrogen-bond acceptors (Lipinski definition) is 11. The third kappa shape index (κ3) is 15.9. The number of carbonyl (C=O) groups is 7.